The van der Waals surface area contributed by atoms with E-state index >= 15 is 0 Å². The van der Waals surface area contributed by atoms with E-state index in [1.165, 1.54) is 0 Å². The Morgan fingerprint density at radius 3 is 2.93 bits per heavy atom. The molecule has 1 aromatic heterocycles. The number of hydrogen-bond acceptors (Lipinski definition) is 5. The lowest BCUT2D eigenvalue weighted by Crippen LogP contribution is -2.29. The summed E-state index contributed by atoms with van der Waals surface area (Å²) in [6, 6.07) is 1.58. The number of nitrogen functional groups attached to an aromatic ring is 1. The van der Waals surface area contributed by atoms with E-state index in [2.05, 4.69) is 36.5 Å². The van der Waals surface area contributed by atoms with Crippen molar-refractivity contribution >= 4 is 33.6 Å². The summed E-state index contributed by atoms with van der Waals surface area (Å²) < 4.78 is 0.577. The van der Waals surface area contributed by atoms with E-state index in [-0.39, 0.29) is 12.5 Å². The maximum atomic E-state index is 11.1. The Labute approximate surface area is 95.8 Å². The van der Waals surface area contributed by atoms with Crippen LogP contribution in [-0.2, 0) is 4.79 Å². The van der Waals surface area contributed by atoms with E-state index < -0.39 is 0 Å². The second-order valence-corrected chi connectivity index (χ2v) is 3.56. The minimum Gasteiger partial charge on any atom is -0.383 e. The number of carbonyl (C=O) groups is 1. The maximum absolute atomic E-state index is 11.1. The van der Waals surface area contributed by atoms with Crippen LogP contribution < -0.4 is 16.4 Å². The molecule has 0 radical (unpaired) electrons. The monoisotopic (exact) mass is 273 g/mol. The molecule has 15 heavy (non-hydrogen) atoms. The summed E-state index contributed by atoms with van der Waals surface area (Å²) in [6.07, 6.45) is 0. The average molecular weight is 274 g/mol. The number of rotatable bonds is 4. The van der Waals surface area contributed by atoms with Gasteiger partial charge in [-0.1, -0.05) is 0 Å². The normalized spacial score (nSPS) is 9.73. The van der Waals surface area contributed by atoms with Gasteiger partial charge < -0.3 is 16.4 Å². The van der Waals surface area contributed by atoms with Crippen LogP contribution in [0.5, 0.6) is 0 Å². The largest absolute Gasteiger partial charge is 0.383 e. The summed E-state index contributed by atoms with van der Waals surface area (Å²) in [7, 11) is 0. The lowest BCUT2D eigenvalue weighted by Gasteiger charge is -2.05. The number of likely N-dealkylation sites (N-methyl/N-ethyl adjacent to an activating group) is 1. The first-order valence-corrected chi connectivity index (χ1v) is 5.21. The summed E-state index contributed by atoms with van der Waals surface area (Å²) >= 11 is 3.18. The second-order valence-electron chi connectivity index (χ2n) is 2.75. The molecule has 0 unspecified atom stereocenters. The summed E-state index contributed by atoms with van der Waals surface area (Å²) in [6.45, 7) is 2.58. The zero-order valence-corrected chi connectivity index (χ0v) is 9.84. The van der Waals surface area contributed by atoms with Gasteiger partial charge in [0.25, 0.3) is 0 Å². The van der Waals surface area contributed by atoms with E-state index in [0.717, 1.165) is 0 Å². The Bertz CT molecular complexity index is 337. The third-order valence-corrected chi connectivity index (χ3v) is 1.90. The molecular formula is C8H12BrN5O. The maximum Gasteiger partial charge on any atom is 0.239 e. The Morgan fingerprint density at radius 1 is 1.60 bits per heavy atom. The lowest BCUT2D eigenvalue weighted by atomic mass is 10.5. The third kappa shape index (κ3) is 4.11. The Hall–Kier alpha value is -1.37. The van der Waals surface area contributed by atoms with Crippen molar-refractivity contribution in [3.05, 3.63) is 10.7 Å². The standard InChI is InChI=1S/C8H12BrN5O/c1-2-11-7(15)4-12-8-13-5(9)3-6(10)14-8/h3H,2,4H2,1H3,(H,11,15)(H3,10,12,13,14). The van der Waals surface area contributed by atoms with Crippen LogP contribution in [0.3, 0.4) is 0 Å². The second kappa shape index (κ2) is 5.50. The van der Waals surface area contributed by atoms with Crippen LogP contribution in [0.2, 0.25) is 0 Å². The summed E-state index contributed by atoms with van der Waals surface area (Å²) in [5.41, 5.74) is 5.50. The van der Waals surface area contributed by atoms with Crippen molar-refractivity contribution in [3.63, 3.8) is 0 Å². The molecule has 7 heteroatoms. The highest BCUT2D eigenvalue weighted by Gasteiger charge is 2.03. The first-order valence-electron chi connectivity index (χ1n) is 4.42. The molecule has 0 saturated heterocycles. The van der Waals surface area contributed by atoms with Crippen molar-refractivity contribution < 1.29 is 4.79 Å². The van der Waals surface area contributed by atoms with E-state index in [1.54, 1.807) is 6.07 Å². The number of nitrogens with two attached hydrogens (primary N) is 1. The molecule has 1 heterocycles. The molecule has 82 valence electrons. The molecule has 0 spiro atoms. The third-order valence-electron chi connectivity index (χ3n) is 1.50. The Kier molecular flexibility index (Phi) is 4.29. The van der Waals surface area contributed by atoms with Gasteiger partial charge >= 0.3 is 0 Å². The first kappa shape index (κ1) is 11.7. The Balaban J connectivity index is 2.54. The minimum absolute atomic E-state index is 0.111. The number of hydrogen-bond donors (Lipinski definition) is 3. The molecule has 1 amide bonds. The molecule has 0 saturated carbocycles. The lowest BCUT2D eigenvalue weighted by molar-refractivity contribution is -0.119. The van der Waals surface area contributed by atoms with Crippen molar-refractivity contribution in [1.29, 1.82) is 0 Å². The van der Waals surface area contributed by atoms with Crippen LogP contribution in [0.15, 0.2) is 10.7 Å². The molecule has 1 aromatic rings. The molecule has 0 aliphatic rings. The number of anilines is 2. The molecule has 0 fully saturated rings. The molecule has 4 N–H and O–H groups in total. The van der Waals surface area contributed by atoms with Crippen LogP contribution in [0.1, 0.15) is 6.92 Å². The molecule has 6 nitrogen and oxygen atoms in total. The molecule has 0 aromatic carbocycles. The van der Waals surface area contributed by atoms with Gasteiger partial charge in [-0.2, -0.15) is 4.98 Å². The van der Waals surface area contributed by atoms with E-state index in [4.69, 9.17) is 5.73 Å². The summed E-state index contributed by atoms with van der Waals surface area (Å²) in [4.78, 5) is 19.0. The van der Waals surface area contributed by atoms with Gasteiger partial charge in [0.15, 0.2) is 0 Å². The van der Waals surface area contributed by atoms with Crippen LogP contribution in [-0.4, -0.2) is 29.0 Å². The molecule has 0 bridgehead atoms. The van der Waals surface area contributed by atoms with Crippen molar-refractivity contribution in [2.45, 2.75) is 6.92 Å². The number of halogens is 1. The minimum atomic E-state index is -0.111. The van der Waals surface area contributed by atoms with Gasteiger partial charge in [-0.05, 0) is 22.9 Å². The van der Waals surface area contributed by atoms with Gasteiger partial charge in [-0.15, -0.1) is 0 Å². The molecular weight excluding hydrogens is 262 g/mol. The van der Waals surface area contributed by atoms with Crippen molar-refractivity contribution in [2.24, 2.45) is 0 Å². The predicted octanol–water partition coefficient (Wildman–Crippen LogP) is 0.369. The number of aromatic nitrogens is 2. The fourth-order valence-electron chi connectivity index (χ4n) is 0.933. The van der Waals surface area contributed by atoms with E-state index in [9.17, 15) is 4.79 Å². The number of nitrogens with zero attached hydrogens (tertiary/aromatic N) is 2. The fraction of sp³-hybridized carbons (Fsp3) is 0.375. The first-order chi connectivity index (χ1) is 7.11. The van der Waals surface area contributed by atoms with Gasteiger partial charge in [0, 0.05) is 12.6 Å². The summed E-state index contributed by atoms with van der Waals surface area (Å²) in [5, 5.41) is 5.41. The van der Waals surface area contributed by atoms with Gasteiger partial charge in [0.1, 0.15) is 10.4 Å². The van der Waals surface area contributed by atoms with Crippen LogP contribution in [0.25, 0.3) is 0 Å². The number of amides is 1. The van der Waals surface area contributed by atoms with Crippen LogP contribution in [0.4, 0.5) is 11.8 Å². The van der Waals surface area contributed by atoms with Crippen molar-refractivity contribution in [2.75, 3.05) is 24.1 Å². The fourth-order valence-corrected chi connectivity index (χ4v) is 1.34. The summed E-state index contributed by atoms with van der Waals surface area (Å²) in [5.74, 6) is 0.558. The topological polar surface area (TPSA) is 92.9 Å². The van der Waals surface area contributed by atoms with Crippen molar-refractivity contribution in [3.8, 4) is 0 Å². The van der Waals surface area contributed by atoms with Gasteiger partial charge in [-0.3, -0.25) is 4.79 Å². The Morgan fingerprint density at radius 2 is 2.33 bits per heavy atom. The molecule has 0 aliphatic heterocycles. The molecule has 0 aliphatic carbocycles. The van der Waals surface area contributed by atoms with Gasteiger partial charge in [-0.25, -0.2) is 4.98 Å². The van der Waals surface area contributed by atoms with E-state index in [0.29, 0.717) is 22.9 Å². The quantitative estimate of drug-likeness (QED) is 0.690. The zero-order valence-electron chi connectivity index (χ0n) is 8.25. The predicted molar refractivity (Wildman–Crippen MR) is 61.3 cm³/mol. The zero-order chi connectivity index (χ0) is 11.3. The van der Waals surface area contributed by atoms with Gasteiger partial charge in [0.2, 0.25) is 11.9 Å². The SMILES string of the molecule is CCNC(=O)CNc1nc(N)cc(Br)n1. The number of carbonyl (C=O) groups excluding carboxylic acids is 1. The highest BCUT2D eigenvalue weighted by Crippen LogP contribution is 2.11. The van der Waals surface area contributed by atoms with Crippen molar-refractivity contribution in [1.82, 2.24) is 15.3 Å². The van der Waals surface area contributed by atoms with Crippen LogP contribution >= 0.6 is 15.9 Å². The average Bonchev–Trinajstić information content (AvgIpc) is 2.14. The molecule has 0 atom stereocenters. The highest BCUT2D eigenvalue weighted by atomic mass is 79.9. The smallest absolute Gasteiger partial charge is 0.239 e. The number of nitrogens with one attached hydrogen (secondary N) is 2. The van der Waals surface area contributed by atoms with Gasteiger partial charge in [0.05, 0.1) is 6.54 Å². The van der Waals surface area contributed by atoms with E-state index in [1.807, 2.05) is 6.92 Å². The highest BCUT2D eigenvalue weighted by molar-refractivity contribution is 9.10. The van der Waals surface area contributed by atoms with Crippen LogP contribution in [0, 0.1) is 0 Å². The molecule has 1 rings (SSSR count).